The molecule has 2 N–H and O–H groups in total. The molecule has 1 rings (SSSR count). The molecule has 0 radical (unpaired) electrons. The first-order chi connectivity index (χ1) is 8.07. The van der Waals surface area contributed by atoms with Crippen LogP contribution in [0.5, 0.6) is 0 Å². The molecule has 0 unspecified atom stereocenters. The molecule has 0 heterocycles. The molecule has 0 atom stereocenters. The molecule has 0 aliphatic rings. The third-order valence-corrected chi connectivity index (χ3v) is 3.18. The van der Waals surface area contributed by atoms with E-state index in [0.29, 0.717) is 10.4 Å². The van der Waals surface area contributed by atoms with Gasteiger partial charge in [-0.05, 0) is 18.2 Å². The topological polar surface area (TPSA) is 63.4 Å². The maximum absolute atomic E-state index is 12.4. The van der Waals surface area contributed by atoms with Gasteiger partial charge in [0, 0.05) is 6.20 Å². The number of anilines is 2. The molecule has 18 heavy (non-hydrogen) atoms. The zero-order valence-electron chi connectivity index (χ0n) is 9.40. The molecule has 0 aliphatic heterocycles. The van der Waals surface area contributed by atoms with Gasteiger partial charge in [-0.15, -0.1) is 0 Å². The van der Waals surface area contributed by atoms with Gasteiger partial charge in [-0.1, -0.05) is 6.58 Å². The van der Waals surface area contributed by atoms with Gasteiger partial charge < -0.3 is 5.73 Å². The highest BCUT2D eigenvalue weighted by molar-refractivity contribution is 7.92. The van der Waals surface area contributed by atoms with Crippen LogP contribution in [-0.2, 0) is 16.2 Å². The van der Waals surface area contributed by atoms with Crippen molar-refractivity contribution < 1.29 is 21.6 Å². The first-order valence-corrected chi connectivity index (χ1v) is 6.51. The average molecular weight is 280 g/mol. The van der Waals surface area contributed by atoms with Crippen molar-refractivity contribution in [3.63, 3.8) is 0 Å². The number of hydrogen-bond acceptors (Lipinski definition) is 3. The highest BCUT2D eigenvalue weighted by Crippen LogP contribution is 2.34. The Kier molecular flexibility index (Phi) is 3.61. The Bertz CT molecular complexity index is 567. The number of nitrogens with zero attached hydrogens (tertiary/aromatic N) is 1. The predicted octanol–water partition coefficient (Wildman–Crippen LogP) is 2.20. The number of alkyl halides is 3. The van der Waals surface area contributed by atoms with Gasteiger partial charge in [0.2, 0.25) is 10.0 Å². The van der Waals surface area contributed by atoms with Gasteiger partial charge in [0.15, 0.2) is 0 Å². The van der Waals surface area contributed by atoms with Crippen molar-refractivity contribution in [3.8, 4) is 0 Å². The number of nitrogen functional groups attached to an aromatic ring is 1. The summed E-state index contributed by atoms with van der Waals surface area (Å²) in [5, 5.41) is 0. The Morgan fingerprint density at radius 3 is 2.28 bits per heavy atom. The summed E-state index contributed by atoms with van der Waals surface area (Å²) in [6.07, 6.45) is -2.67. The van der Waals surface area contributed by atoms with Crippen LogP contribution in [0.4, 0.5) is 24.5 Å². The zero-order chi connectivity index (χ0) is 14.1. The highest BCUT2D eigenvalue weighted by Gasteiger charge is 2.31. The summed E-state index contributed by atoms with van der Waals surface area (Å²) in [5.74, 6) is 0. The Labute approximate surface area is 103 Å². The molecule has 1 aromatic rings. The first-order valence-electron chi connectivity index (χ1n) is 4.66. The van der Waals surface area contributed by atoms with Gasteiger partial charge in [0.25, 0.3) is 0 Å². The summed E-state index contributed by atoms with van der Waals surface area (Å²) >= 11 is 0. The van der Waals surface area contributed by atoms with Crippen LogP contribution in [0.1, 0.15) is 5.56 Å². The fraction of sp³-hybridized carbons (Fsp3) is 0.200. The number of sulfonamides is 1. The fourth-order valence-corrected chi connectivity index (χ4v) is 2.14. The standard InChI is InChI=1S/C10H11F3N2O2S/c1-3-15(18(2,16)17)9-5-4-7(6-8(9)14)10(11,12)13/h3-6H,1,14H2,2H3. The second-order valence-corrected chi connectivity index (χ2v) is 5.37. The van der Waals surface area contributed by atoms with E-state index in [1.54, 1.807) is 0 Å². The number of rotatable bonds is 3. The third kappa shape index (κ3) is 2.95. The van der Waals surface area contributed by atoms with Crippen LogP contribution in [0.3, 0.4) is 0 Å². The number of hydrogen-bond donors (Lipinski definition) is 1. The van der Waals surface area contributed by atoms with Crippen molar-refractivity contribution in [2.45, 2.75) is 6.18 Å². The van der Waals surface area contributed by atoms with Crippen LogP contribution >= 0.6 is 0 Å². The van der Waals surface area contributed by atoms with Crippen molar-refractivity contribution in [2.75, 3.05) is 16.3 Å². The minimum atomic E-state index is -4.53. The third-order valence-electron chi connectivity index (χ3n) is 2.12. The molecule has 0 saturated carbocycles. The highest BCUT2D eigenvalue weighted by atomic mass is 32.2. The maximum atomic E-state index is 12.4. The molecule has 100 valence electrons. The Morgan fingerprint density at radius 2 is 1.94 bits per heavy atom. The summed E-state index contributed by atoms with van der Waals surface area (Å²) in [5.41, 5.74) is 4.13. The van der Waals surface area contributed by atoms with Crippen molar-refractivity contribution in [1.29, 1.82) is 0 Å². The molecule has 1 aromatic carbocycles. The number of nitrogens with two attached hydrogens (primary N) is 1. The van der Waals surface area contributed by atoms with Crippen molar-refractivity contribution >= 4 is 21.4 Å². The van der Waals surface area contributed by atoms with Crippen molar-refractivity contribution in [2.24, 2.45) is 0 Å². The van der Waals surface area contributed by atoms with E-state index >= 15 is 0 Å². The van der Waals surface area contributed by atoms with E-state index in [-0.39, 0.29) is 11.4 Å². The molecule has 0 fully saturated rings. The number of benzene rings is 1. The van der Waals surface area contributed by atoms with Gasteiger partial charge in [0.1, 0.15) is 0 Å². The summed E-state index contributed by atoms with van der Waals surface area (Å²) in [6.45, 7) is 3.29. The molecular weight excluding hydrogens is 269 g/mol. The van der Waals surface area contributed by atoms with Gasteiger partial charge in [-0.2, -0.15) is 13.2 Å². The molecule has 0 bridgehead atoms. The molecule has 4 nitrogen and oxygen atoms in total. The van der Waals surface area contributed by atoms with Crippen LogP contribution in [0.15, 0.2) is 31.0 Å². The van der Waals surface area contributed by atoms with E-state index in [1.807, 2.05) is 0 Å². The molecule has 0 aromatic heterocycles. The second kappa shape index (κ2) is 4.52. The van der Waals surface area contributed by atoms with E-state index in [4.69, 9.17) is 5.73 Å². The minimum absolute atomic E-state index is 0.0690. The van der Waals surface area contributed by atoms with Gasteiger partial charge in [0.05, 0.1) is 23.2 Å². The molecule has 0 saturated heterocycles. The van der Waals surface area contributed by atoms with E-state index in [0.717, 1.165) is 24.6 Å². The monoisotopic (exact) mass is 280 g/mol. The summed E-state index contributed by atoms with van der Waals surface area (Å²) in [4.78, 5) is 0. The lowest BCUT2D eigenvalue weighted by molar-refractivity contribution is -0.137. The minimum Gasteiger partial charge on any atom is -0.397 e. The van der Waals surface area contributed by atoms with Gasteiger partial charge in [-0.3, -0.25) is 0 Å². The van der Waals surface area contributed by atoms with Crippen LogP contribution in [-0.4, -0.2) is 14.7 Å². The van der Waals surface area contributed by atoms with Crippen molar-refractivity contribution in [3.05, 3.63) is 36.5 Å². The summed E-state index contributed by atoms with van der Waals surface area (Å²) < 4.78 is 60.7. The Hall–Kier alpha value is -1.70. The average Bonchev–Trinajstić information content (AvgIpc) is 2.17. The van der Waals surface area contributed by atoms with Crippen LogP contribution < -0.4 is 10.0 Å². The fourth-order valence-electron chi connectivity index (χ4n) is 1.34. The maximum Gasteiger partial charge on any atom is 0.416 e. The largest absolute Gasteiger partial charge is 0.416 e. The molecule has 0 aliphatic carbocycles. The van der Waals surface area contributed by atoms with E-state index in [9.17, 15) is 21.6 Å². The van der Waals surface area contributed by atoms with Gasteiger partial charge >= 0.3 is 6.18 Å². The lowest BCUT2D eigenvalue weighted by Gasteiger charge is -2.20. The molecule has 0 spiro atoms. The quantitative estimate of drug-likeness (QED) is 0.863. The Morgan fingerprint density at radius 1 is 1.39 bits per heavy atom. The number of halogens is 3. The van der Waals surface area contributed by atoms with Gasteiger partial charge in [-0.25, -0.2) is 12.7 Å². The molecular formula is C10H11F3N2O2S. The van der Waals surface area contributed by atoms with E-state index in [2.05, 4.69) is 6.58 Å². The van der Waals surface area contributed by atoms with Crippen molar-refractivity contribution in [1.82, 2.24) is 0 Å². The zero-order valence-corrected chi connectivity index (χ0v) is 10.2. The van der Waals surface area contributed by atoms with E-state index in [1.165, 1.54) is 0 Å². The lowest BCUT2D eigenvalue weighted by atomic mass is 10.1. The predicted molar refractivity (Wildman–Crippen MR) is 63.4 cm³/mol. The lowest BCUT2D eigenvalue weighted by Crippen LogP contribution is -2.24. The van der Waals surface area contributed by atoms with Crippen LogP contribution in [0.2, 0.25) is 0 Å². The first kappa shape index (κ1) is 14.4. The summed E-state index contributed by atoms with van der Waals surface area (Å²) in [6, 6.07) is 2.42. The van der Waals surface area contributed by atoms with Crippen LogP contribution in [0.25, 0.3) is 0 Å². The van der Waals surface area contributed by atoms with E-state index < -0.39 is 21.8 Å². The molecule has 0 amide bonds. The summed E-state index contributed by atoms with van der Waals surface area (Å²) in [7, 11) is -3.68. The smallest absolute Gasteiger partial charge is 0.397 e. The van der Waals surface area contributed by atoms with Crippen LogP contribution in [0, 0.1) is 0 Å². The normalized spacial score (nSPS) is 12.2. The Balaban J connectivity index is 3.33. The second-order valence-electron chi connectivity index (χ2n) is 3.51. The SMILES string of the molecule is C=CN(c1ccc(C(F)(F)F)cc1N)S(C)(=O)=O. The molecule has 8 heteroatoms.